The molecule has 0 saturated carbocycles. The third kappa shape index (κ3) is 4.78. The summed E-state index contributed by atoms with van der Waals surface area (Å²) in [5.41, 5.74) is -0.589. The molecule has 1 rings (SSSR count). The van der Waals surface area contributed by atoms with Crippen LogP contribution in [0, 0.1) is 0 Å². The predicted molar refractivity (Wildman–Crippen MR) is 65.6 cm³/mol. The number of nitrogens with zero attached hydrogens (tertiary/aromatic N) is 2. The first kappa shape index (κ1) is 13.9. The lowest BCUT2D eigenvalue weighted by molar-refractivity contribution is -0.00100. The van der Waals surface area contributed by atoms with Crippen LogP contribution in [0.4, 0.5) is 0 Å². The van der Waals surface area contributed by atoms with Gasteiger partial charge in [-0.05, 0) is 20.8 Å². The summed E-state index contributed by atoms with van der Waals surface area (Å²) in [6, 6.07) is 0.547. The van der Waals surface area contributed by atoms with Crippen molar-refractivity contribution in [1.29, 1.82) is 0 Å². The Kier molecular flexibility index (Phi) is 5.18. The van der Waals surface area contributed by atoms with Crippen LogP contribution in [-0.4, -0.2) is 73.0 Å². The zero-order chi connectivity index (χ0) is 12.2. The molecule has 0 aromatic carbocycles. The van der Waals surface area contributed by atoms with Gasteiger partial charge in [-0.1, -0.05) is 0 Å². The Bertz CT molecular complexity index is 204. The Balaban J connectivity index is 2.33. The Morgan fingerprint density at radius 1 is 1.38 bits per heavy atom. The first-order chi connectivity index (χ1) is 7.42. The smallest absolute Gasteiger partial charge is 0.0718 e. The largest absolute Gasteiger partial charge is 0.389 e. The van der Waals surface area contributed by atoms with Crippen molar-refractivity contribution in [1.82, 2.24) is 9.80 Å². The zero-order valence-electron chi connectivity index (χ0n) is 11.1. The van der Waals surface area contributed by atoms with E-state index in [0.29, 0.717) is 6.04 Å². The number of hydrogen-bond donors (Lipinski definition) is 1. The van der Waals surface area contributed by atoms with E-state index in [-0.39, 0.29) is 0 Å². The summed E-state index contributed by atoms with van der Waals surface area (Å²) in [5, 5.41) is 9.79. The van der Waals surface area contributed by atoms with Crippen molar-refractivity contribution in [3.05, 3.63) is 0 Å². The monoisotopic (exact) mass is 230 g/mol. The minimum Gasteiger partial charge on any atom is -0.389 e. The lowest BCUT2D eigenvalue weighted by Gasteiger charge is -2.41. The number of methoxy groups -OCH3 is 1. The molecule has 4 nitrogen and oxygen atoms in total. The molecule has 1 atom stereocenters. The summed E-state index contributed by atoms with van der Waals surface area (Å²) in [6.45, 7) is 11.7. The van der Waals surface area contributed by atoms with Gasteiger partial charge in [0.1, 0.15) is 0 Å². The van der Waals surface area contributed by atoms with Gasteiger partial charge in [-0.3, -0.25) is 9.80 Å². The van der Waals surface area contributed by atoms with Gasteiger partial charge in [0.15, 0.2) is 0 Å². The van der Waals surface area contributed by atoms with E-state index in [1.54, 1.807) is 7.11 Å². The highest BCUT2D eigenvalue weighted by molar-refractivity contribution is 4.82. The normalized spacial score (nSPS) is 24.9. The van der Waals surface area contributed by atoms with Gasteiger partial charge < -0.3 is 9.84 Å². The molecule has 0 aliphatic carbocycles. The van der Waals surface area contributed by atoms with Crippen LogP contribution in [0.15, 0.2) is 0 Å². The van der Waals surface area contributed by atoms with Crippen LogP contribution < -0.4 is 0 Å². The molecular weight excluding hydrogens is 204 g/mol. The second-order valence-electron chi connectivity index (χ2n) is 5.43. The number of ether oxygens (including phenoxy) is 1. The Hall–Kier alpha value is -0.160. The number of β-amino-alcohol motifs (C(OH)–C–C–N with tert-alkyl or cyclic N) is 1. The van der Waals surface area contributed by atoms with Gasteiger partial charge in [-0.2, -0.15) is 0 Å². The van der Waals surface area contributed by atoms with Crippen LogP contribution in [0.5, 0.6) is 0 Å². The third-order valence-corrected chi connectivity index (χ3v) is 3.04. The van der Waals surface area contributed by atoms with Crippen molar-refractivity contribution in [2.24, 2.45) is 0 Å². The Labute approximate surface area is 99.2 Å². The van der Waals surface area contributed by atoms with E-state index in [4.69, 9.17) is 4.74 Å². The summed E-state index contributed by atoms with van der Waals surface area (Å²) in [5.74, 6) is 0. The van der Waals surface area contributed by atoms with Gasteiger partial charge in [0.25, 0.3) is 0 Å². The third-order valence-electron chi connectivity index (χ3n) is 3.04. The molecule has 1 fully saturated rings. The van der Waals surface area contributed by atoms with Gasteiger partial charge in [0.2, 0.25) is 0 Å². The van der Waals surface area contributed by atoms with Crippen LogP contribution in [0.3, 0.4) is 0 Å². The molecule has 0 radical (unpaired) electrons. The maximum Gasteiger partial charge on any atom is 0.0718 e. The maximum atomic E-state index is 9.79. The minimum absolute atomic E-state index is 0.547. The Morgan fingerprint density at radius 2 is 2.06 bits per heavy atom. The number of aliphatic hydroxyl groups is 1. The molecule has 1 heterocycles. The molecule has 1 saturated heterocycles. The van der Waals surface area contributed by atoms with Crippen molar-refractivity contribution in [3.63, 3.8) is 0 Å². The summed E-state index contributed by atoms with van der Waals surface area (Å²) in [6.07, 6.45) is 0. The summed E-state index contributed by atoms with van der Waals surface area (Å²) < 4.78 is 5.11. The van der Waals surface area contributed by atoms with E-state index in [1.165, 1.54) is 0 Å². The average molecular weight is 230 g/mol. The molecule has 4 heteroatoms. The standard InChI is InChI=1S/C12H26N2O2/c1-11-9-13(10-12(2,3)15)5-6-14(11)7-8-16-4/h11,15H,5-10H2,1-4H3. The van der Waals surface area contributed by atoms with Crippen molar-refractivity contribution in [2.45, 2.75) is 32.4 Å². The highest BCUT2D eigenvalue weighted by atomic mass is 16.5. The zero-order valence-corrected chi connectivity index (χ0v) is 11.1. The second-order valence-corrected chi connectivity index (χ2v) is 5.43. The van der Waals surface area contributed by atoms with E-state index >= 15 is 0 Å². The van der Waals surface area contributed by atoms with E-state index < -0.39 is 5.60 Å². The van der Waals surface area contributed by atoms with E-state index in [9.17, 15) is 5.11 Å². The number of rotatable bonds is 5. The molecule has 1 aliphatic rings. The fourth-order valence-corrected chi connectivity index (χ4v) is 2.30. The van der Waals surface area contributed by atoms with Crippen LogP contribution in [0.1, 0.15) is 20.8 Å². The Morgan fingerprint density at radius 3 is 2.56 bits per heavy atom. The van der Waals surface area contributed by atoms with E-state index in [0.717, 1.165) is 39.3 Å². The molecular formula is C12H26N2O2. The molecule has 0 spiro atoms. The quantitative estimate of drug-likeness (QED) is 0.742. The lowest BCUT2D eigenvalue weighted by atomic mass is 10.1. The van der Waals surface area contributed by atoms with Gasteiger partial charge in [0, 0.05) is 45.9 Å². The first-order valence-corrected chi connectivity index (χ1v) is 6.10. The predicted octanol–water partition coefficient (Wildman–Crippen LogP) is 0.410. The van der Waals surface area contributed by atoms with Crippen LogP contribution in [0.25, 0.3) is 0 Å². The van der Waals surface area contributed by atoms with E-state index in [2.05, 4.69) is 16.7 Å². The van der Waals surface area contributed by atoms with Crippen molar-refractivity contribution in [2.75, 3.05) is 46.4 Å². The van der Waals surface area contributed by atoms with Crippen molar-refractivity contribution < 1.29 is 9.84 Å². The average Bonchev–Trinajstić information content (AvgIpc) is 2.14. The summed E-state index contributed by atoms with van der Waals surface area (Å²) >= 11 is 0. The fourth-order valence-electron chi connectivity index (χ4n) is 2.30. The van der Waals surface area contributed by atoms with Gasteiger partial charge in [-0.25, -0.2) is 0 Å². The second kappa shape index (κ2) is 5.96. The number of hydrogen-bond acceptors (Lipinski definition) is 4. The van der Waals surface area contributed by atoms with Crippen LogP contribution >= 0.6 is 0 Å². The molecule has 1 unspecified atom stereocenters. The van der Waals surface area contributed by atoms with Crippen LogP contribution in [-0.2, 0) is 4.74 Å². The first-order valence-electron chi connectivity index (χ1n) is 6.10. The molecule has 1 N–H and O–H groups in total. The van der Waals surface area contributed by atoms with Gasteiger partial charge >= 0.3 is 0 Å². The highest BCUT2D eigenvalue weighted by Gasteiger charge is 2.26. The molecule has 0 bridgehead atoms. The van der Waals surface area contributed by atoms with Gasteiger partial charge in [0.05, 0.1) is 12.2 Å². The summed E-state index contributed by atoms with van der Waals surface area (Å²) in [4.78, 5) is 4.79. The maximum absolute atomic E-state index is 9.79. The minimum atomic E-state index is -0.589. The molecule has 16 heavy (non-hydrogen) atoms. The van der Waals surface area contributed by atoms with Crippen molar-refractivity contribution in [3.8, 4) is 0 Å². The molecule has 96 valence electrons. The lowest BCUT2D eigenvalue weighted by Crippen LogP contribution is -2.55. The summed E-state index contributed by atoms with van der Waals surface area (Å²) in [7, 11) is 1.75. The highest BCUT2D eigenvalue weighted by Crippen LogP contribution is 2.12. The fraction of sp³-hybridized carbons (Fsp3) is 1.00. The van der Waals surface area contributed by atoms with Crippen LogP contribution in [0.2, 0.25) is 0 Å². The molecule has 1 aliphatic heterocycles. The van der Waals surface area contributed by atoms with Crippen molar-refractivity contribution >= 4 is 0 Å². The molecule has 0 aromatic heterocycles. The SMILES string of the molecule is COCCN1CCN(CC(C)(C)O)CC1C. The van der Waals surface area contributed by atoms with Gasteiger partial charge in [-0.15, -0.1) is 0 Å². The number of piperazine rings is 1. The molecule has 0 amide bonds. The van der Waals surface area contributed by atoms with E-state index in [1.807, 2.05) is 13.8 Å². The topological polar surface area (TPSA) is 35.9 Å². The molecule has 0 aromatic rings.